The first kappa shape index (κ1) is 24.9. The Morgan fingerprint density at radius 3 is 2.32 bits per heavy atom. The fourth-order valence-corrected chi connectivity index (χ4v) is 4.08. The maximum atomic E-state index is 12.8. The number of fused-ring (bicyclic) bond motifs is 1. The number of nitrogens with zero attached hydrogens (tertiary/aromatic N) is 2. The Morgan fingerprint density at radius 1 is 1.06 bits per heavy atom. The van der Waals surface area contributed by atoms with E-state index in [4.69, 9.17) is 5.73 Å². The number of hydrogen-bond donors (Lipinski definition) is 2. The molecular formula is C24H38N4O3. The molecule has 0 fully saturated rings. The van der Waals surface area contributed by atoms with Crippen molar-refractivity contribution >= 4 is 23.2 Å². The zero-order valence-corrected chi connectivity index (χ0v) is 19.1. The van der Waals surface area contributed by atoms with Gasteiger partial charge in [0.25, 0.3) is 0 Å². The summed E-state index contributed by atoms with van der Waals surface area (Å²) in [5.74, 6) is -0.141. The lowest BCUT2D eigenvalue weighted by molar-refractivity contribution is -0.121. The van der Waals surface area contributed by atoms with Crippen molar-refractivity contribution in [1.82, 2.24) is 14.5 Å². The molecule has 0 aliphatic rings. The molecule has 0 aliphatic carbocycles. The predicted molar refractivity (Wildman–Crippen MR) is 125 cm³/mol. The second-order valence-electron chi connectivity index (χ2n) is 8.32. The van der Waals surface area contributed by atoms with Gasteiger partial charge in [-0.05, 0) is 49.9 Å². The van der Waals surface area contributed by atoms with E-state index >= 15 is 0 Å². The maximum Gasteiger partial charge on any atom is 0.329 e. The Hall–Kier alpha value is -2.41. The third-order valence-electron chi connectivity index (χ3n) is 6.01. The summed E-state index contributed by atoms with van der Waals surface area (Å²) in [7, 11) is 3.30. The molecule has 1 atom stereocenters. The Labute approximate surface area is 185 Å². The molecule has 1 heterocycles. The number of nitrogens with one attached hydrogen (secondary N) is 1. The second kappa shape index (κ2) is 13.1. The van der Waals surface area contributed by atoms with Crippen molar-refractivity contribution in [3.8, 4) is 0 Å². The van der Waals surface area contributed by atoms with E-state index in [-0.39, 0.29) is 18.0 Å². The highest BCUT2D eigenvalue weighted by Gasteiger charge is 2.20. The second-order valence-corrected chi connectivity index (χ2v) is 8.32. The fourth-order valence-electron chi connectivity index (χ4n) is 4.08. The van der Waals surface area contributed by atoms with Crippen molar-refractivity contribution in [3.05, 3.63) is 34.2 Å². The van der Waals surface area contributed by atoms with Crippen LogP contribution in [0.1, 0.15) is 75.8 Å². The number of amides is 1. The van der Waals surface area contributed by atoms with Gasteiger partial charge < -0.3 is 15.8 Å². The first-order valence-corrected chi connectivity index (χ1v) is 11.6. The zero-order chi connectivity index (χ0) is 22.6. The van der Waals surface area contributed by atoms with Crippen LogP contribution in [-0.4, -0.2) is 34.9 Å². The highest BCUT2D eigenvalue weighted by molar-refractivity contribution is 5.79. The molecule has 0 aliphatic heterocycles. The van der Waals surface area contributed by atoms with Crippen LogP contribution in [0.25, 0.3) is 11.0 Å². The lowest BCUT2D eigenvalue weighted by Gasteiger charge is -2.12. The van der Waals surface area contributed by atoms with E-state index in [1.54, 1.807) is 18.7 Å². The number of carbonyl (C=O) groups is 2. The Morgan fingerprint density at radius 2 is 1.71 bits per heavy atom. The highest BCUT2D eigenvalue weighted by Crippen LogP contribution is 2.21. The molecule has 0 radical (unpaired) electrons. The van der Waals surface area contributed by atoms with Crippen molar-refractivity contribution in [2.45, 2.75) is 76.7 Å². The quantitative estimate of drug-likeness (QED) is 0.335. The molecule has 172 valence electrons. The van der Waals surface area contributed by atoms with Gasteiger partial charge in [0.15, 0.2) is 0 Å². The number of nitrogens with two attached hydrogens (primary N) is 1. The van der Waals surface area contributed by atoms with Gasteiger partial charge in [-0.25, -0.2) is 4.79 Å². The molecule has 1 unspecified atom stereocenters. The van der Waals surface area contributed by atoms with Gasteiger partial charge in [0.1, 0.15) is 6.29 Å². The zero-order valence-electron chi connectivity index (χ0n) is 19.1. The molecule has 2 rings (SSSR count). The summed E-state index contributed by atoms with van der Waals surface area (Å²) in [5, 5.41) is 2.55. The van der Waals surface area contributed by atoms with E-state index < -0.39 is 6.04 Å². The van der Waals surface area contributed by atoms with Gasteiger partial charge in [-0.15, -0.1) is 0 Å². The maximum absolute atomic E-state index is 12.8. The number of benzene rings is 1. The smallest absolute Gasteiger partial charge is 0.329 e. The van der Waals surface area contributed by atoms with Crippen LogP contribution in [0, 0.1) is 0 Å². The van der Waals surface area contributed by atoms with E-state index in [0.717, 1.165) is 43.1 Å². The molecule has 1 amide bonds. The van der Waals surface area contributed by atoms with Gasteiger partial charge >= 0.3 is 5.69 Å². The lowest BCUT2D eigenvalue weighted by Crippen LogP contribution is -2.28. The standard InChI is InChI=1S/C24H38N4O3/c1-26-23(30)15-13-20(18-29)28-21-14-12-19(17-22(21)27(2)24(28)31)11-9-7-5-3-4-6-8-10-16-25/h12,14,17-18,20H,3-11,13,15-16,25H2,1-2H3,(H,26,30). The largest absolute Gasteiger partial charge is 0.359 e. The first-order chi connectivity index (χ1) is 15.0. The van der Waals surface area contributed by atoms with Crippen molar-refractivity contribution in [2.24, 2.45) is 12.8 Å². The minimum Gasteiger partial charge on any atom is -0.359 e. The van der Waals surface area contributed by atoms with Gasteiger partial charge in [0.05, 0.1) is 17.1 Å². The highest BCUT2D eigenvalue weighted by atomic mass is 16.2. The van der Waals surface area contributed by atoms with E-state index in [0.29, 0.717) is 6.42 Å². The summed E-state index contributed by atoms with van der Waals surface area (Å²) >= 11 is 0. The molecule has 3 N–H and O–H groups in total. The molecule has 7 nitrogen and oxygen atoms in total. The minimum atomic E-state index is -0.649. The van der Waals surface area contributed by atoms with E-state index in [1.165, 1.54) is 48.7 Å². The number of imidazole rings is 1. The van der Waals surface area contributed by atoms with Gasteiger partial charge in [-0.1, -0.05) is 44.6 Å². The van der Waals surface area contributed by atoms with E-state index in [9.17, 15) is 14.4 Å². The van der Waals surface area contributed by atoms with Gasteiger partial charge in [-0.2, -0.15) is 0 Å². The van der Waals surface area contributed by atoms with Crippen LogP contribution in [0.5, 0.6) is 0 Å². The number of unbranched alkanes of at least 4 members (excludes halogenated alkanes) is 7. The lowest BCUT2D eigenvalue weighted by atomic mass is 10.0. The van der Waals surface area contributed by atoms with Crippen LogP contribution >= 0.6 is 0 Å². The predicted octanol–water partition coefficient (Wildman–Crippen LogP) is 3.23. The molecule has 0 bridgehead atoms. The van der Waals surface area contributed by atoms with Crippen LogP contribution < -0.4 is 16.7 Å². The van der Waals surface area contributed by atoms with E-state index in [1.807, 2.05) is 12.1 Å². The van der Waals surface area contributed by atoms with Gasteiger partial charge in [0.2, 0.25) is 5.91 Å². The van der Waals surface area contributed by atoms with E-state index in [2.05, 4.69) is 11.4 Å². The number of hydrogen-bond acceptors (Lipinski definition) is 4. The Bertz CT molecular complexity index is 900. The molecule has 0 spiro atoms. The van der Waals surface area contributed by atoms with Crippen molar-refractivity contribution < 1.29 is 9.59 Å². The molecule has 1 aromatic carbocycles. The first-order valence-electron chi connectivity index (χ1n) is 11.6. The van der Waals surface area contributed by atoms with Crippen molar-refractivity contribution in [1.29, 1.82) is 0 Å². The third-order valence-corrected chi connectivity index (χ3v) is 6.01. The molecule has 1 aromatic heterocycles. The number of rotatable bonds is 15. The third kappa shape index (κ3) is 7.06. The minimum absolute atomic E-state index is 0.141. The van der Waals surface area contributed by atoms with Crippen molar-refractivity contribution in [3.63, 3.8) is 0 Å². The van der Waals surface area contributed by atoms with Crippen LogP contribution in [0.3, 0.4) is 0 Å². The van der Waals surface area contributed by atoms with Crippen LogP contribution in [0.4, 0.5) is 0 Å². The summed E-state index contributed by atoms with van der Waals surface area (Å²) in [6, 6.07) is 5.39. The Balaban J connectivity index is 1.97. The molecule has 0 saturated heterocycles. The molecule has 7 heteroatoms. The fraction of sp³-hybridized carbons (Fsp3) is 0.625. The summed E-state index contributed by atoms with van der Waals surface area (Å²) in [4.78, 5) is 36.0. The number of aromatic nitrogens is 2. The number of aldehydes is 1. The normalized spacial score (nSPS) is 12.2. The molecule has 0 saturated carbocycles. The van der Waals surface area contributed by atoms with Gasteiger partial charge in [0, 0.05) is 20.5 Å². The number of carbonyl (C=O) groups excluding carboxylic acids is 2. The monoisotopic (exact) mass is 430 g/mol. The van der Waals surface area contributed by atoms with Crippen LogP contribution in [0.15, 0.2) is 23.0 Å². The number of aryl methyl sites for hydroxylation is 2. The topological polar surface area (TPSA) is 99.1 Å². The van der Waals surface area contributed by atoms with Crippen LogP contribution in [0.2, 0.25) is 0 Å². The summed E-state index contributed by atoms with van der Waals surface area (Å²) < 4.78 is 3.11. The summed E-state index contributed by atoms with van der Waals surface area (Å²) in [5.41, 5.74) is 8.06. The SMILES string of the molecule is CNC(=O)CCC(C=O)n1c(=O)n(C)c2cc(CCCCCCCCCCN)ccc21. The molecule has 2 aromatic rings. The average molecular weight is 431 g/mol. The average Bonchev–Trinajstić information content (AvgIpc) is 3.03. The summed E-state index contributed by atoms with van der Waals surface area (Å²) in [6.45, 7) is 0.797. The van der Waals surface area contributed by atoms with Gasteiger partial charge in [-0.3, -0.25) is 13.9 Å². The molecule has 31 heavy (non-hydrogen) atoms. The Kier molecular flexibility index (Phi) is 10.5. The van der Waals surface area contributed by atoms with Crippen molar-refractivity contribution in [2.75, 3.05) is 13.6 Å². The van der Waals surface area contributed by atoms with Crippen LogP contribution in [-0.2, 0) is 23.1 Å². The summed E-state index contributed by atoms with van der Waals surface area (Å²) in [6.07, 6.45) is 12.1. The molecular weight excluding hydrogens is 392 g/mol.